The molecule has 1 aliphatic heterocycles. The van der Waals surface area contributed by atoms with Crippen molar-refractivity contribution in [3.8, 4) is 0 Å². The van der Waals surface area contributed by atoms with Crippen LogP contribution < -0.4 is 0 Å². The summed E-state index contributed by atoms with van der Waals surface area (Å²) >= 11 is 0. The van der Waals surface area contributed by atoms with E-state index in [1.807, 2.05) is 30.3 Å². The molecule has 2 aromatic rings. The molecule has 1 aromatic carbocycles. The predicted molar refractivity (Wildman–Crippen MR) is 89.9 cm³/mol. The van der Waals surface area contributed by atoms with Gasteiger partial charge in [-0.25, -0.2) is 8.42 Å². The molecule has 128 valence electrons. The molecule has 0 atom stereocenters. The quantitative estimate of drug-likeness (QED) is 0.847. The second-order valence-electron chi connectivity index (χ2n) is 5.76. The number of furan rings is 1. The van der Waals surface area contributed by atoms with Crippen molar-refractivity contribution in [2.45, 2.75) is 12.2 Å². The standard InChI is InChI=1S/C17H20N2O4S/c20-17(16-8-4-13-23-16)18-9-5-10-19(12-11-18)24(21,22)14-15-6-2-1-3-7-15/h1-4,6-8,13H,5,9-12,14H2. The van der Waals surface area contributed by atoms with Crippen LogP contribution in [0, 0.1) is 0 Å². The summed E-state index contributed by atoms with van der Waals surface area (Å²) in [5, 5.41) is 0. The molecule has 1 aromatic heterocycles. The summed E-state index contributed by atoms with van der Waals surface area (Å²) in [6.07, 6.45) is 2.07. The Bertz CT molecular complexity index is 772. The highest BCUT2D eigenvalue weighted by Gasteiger charge is 2.28. The van der Waals surface area contributed by atoms with Gasteiger partial charge in [-0.15, -0.1) is 0 Å². The van der Waals surface area contributed by atoms with Crippen LogP contribution >= 0.6 is 0 Å². The zero-order valence-corrected chi connectivity index (χ0v) is 14.1. The minimum Gasteiger partial charge on any atom is -0.459 e. The highest BCUT2D eigenvalue weighted by atomic mass is 32.2. The molecule has 7 heteroatoms. The second kappa shape index (κ2) is 7.19. The van der Waals surface area contributed by atoms with Gasteiger partial charge in [0.2, 0.25) is 10.0 Å². The van der Waals surface area contributed by atoms with E-state index in [0.29, 0.717) is 32.6 Å². The molecule has 1 amide bonds. The van der Waals surface area contributed by atoms with E-state index in [4.69, 9.17) is 4.42 Å². The van der Waals surface area contributed by atoms with Crippen molar-refractivity contribution in [3.63, 3.8) is 0 Å². The molecule has 24 heavy (non-hydrogen) atoms. The van der Waals surface area contributed by atoms with Crippen molar-refractivity contribution < 1.29 is 17.6 Å². The maximum Gasteiger partial charge on any atom is 0.289 e. The summed E-state index contributed by atoms with van der Waals surface area (Å²) in [4.78, 5) is 14.0. The van der Waals surface area contributed by atoms with Gasteiger partial charge in [0.1, 0.15) is 0 Å². The lowest BCUT2D eigenvalue weighted by atomic mass is 10.2. The topological polar surface area (TPSA) is 70.8 Å². The lowest BCUT2D eigenvalue weighted by Gasteiger charge is -2.21. The molecule has 3 rings (SSSR count). The maximum absolute atomic E-state index is 12.6. The van der Waals surface area contributed by atoms with Gasteiger partial charge in [0.05, 0.1) is 12.0 Å². The highest BCUT2D eigenvalue weighted by molar-refractivity contribution is 7.88. The molecule has 0 aliphatic carbocycles. The highest BCUT2D eigenvalue weighted by Crippen LogP contribution is 2.15. The molecule has 6 nitrogen and oxygen atoms in total. The van der Waals surface area contributed by atoms with E-state index in [-0.39, 0.29) is 17.4 Å². The summed E-state index contributed by atoms with van der Waals surface area (Å²) in [6, 6.07) is 12.4. The number of hydrogen-bond donors (Lipinski definition) is 0. The molecule has 0 saturated carbocycles. The van der Waals surface area contributed by atoms with Gasteiger partial charge in [0.15, 0.2) is 5.76 Å². The summed E-state index contributed by atoms with van der Waals surface area (Å²) in [7, 11) is -3.39. The fourth-order valence-electron chi connectivity index (χ4n) is 2.81. The monoisotopic (exact) mass is 348 g/mol. The van der Waals surface area contributed by atoms with Crippen LogP contribution in [-0.2, 0) is 15.8 Å². The van der Waals surface area contributed by atoms with Crippen molar-refractivity contribution in [1.29, 1.82) is 0 Å². The smallest absolute Gasteiger partial charge is 0.289 e. The average molecular weight is 348 g/mol. The number of carbonyl (C=O) groups is 1. The molecule has 0 bridgehead atoms. The first kappa shape index (κ1) is 16.7. The largest absolute Gasteiger partial charge is 0.459 e. The summed E-state index contributed by atoms with van der Waals surface area (Å²) < 4.78 is 31.9. The Hall–Kier alpha value is -2.12. The van der Waals surface area contributed by atoms with Gasteiger partial charge in [0, 0.05) is 26.2 Å². The van der Waals surface area contributed by atoms with Crippen molar-refractivity contribution in [2.75, 3.05) is 26.2 Å². The predicted octanol–water partition coefficient (Wildman–Crippen LogP) is 1.96. The van der Waals surface area contributed by atoms with Crippen molar-refractivity contribution in [1.82, 2.24) is 9.21 Å². The lowest BCUT2D eigenvalue weighted by Crippen LogP contribution is -2.37. The Morgan fingerprint density at radius 3 is 2.50 bits per heavy atom. The molecular weight excluding hydrogens is 328 g/mol. The van der Waals surface area contributed by atoms with Crippen molar-refractivity contribution >= 4 is 15.9 Å². The molecule has 1 fully saturated rings. The van der Waals surface area contributed by atoms with E-state index in [0.717, 1.165) is 5.56 Å². The number of nitrogens with zero attached hydrogens (tertiary/aromatic N) is 2. The van der Waals surface area contributed by atoms with Crippen LogP contribution in [0.25, 0.3) is 0 Å². The fourth-order valence-corrected chi connectivity index (χ4v) is 4.37. The van der Waals surface area contributed by atoms with Crippen LogP contribution in [0.3, 0.4) is 0 Å². The Labute approximate surface area is 141 Å². The fraction of sp³-hybridized carbons (Fsp3) is 0.353. The van der Waals surface area contributed by atoms with Gasteiger partial charge >= 0.3 is 0 Å². The van der Waals surface area contributed by atoms with Gasteiger partial charge in [0.25, 0.3) is 5.91 Å². The van der Waals surface area contributed by atoms with Crippen LogP contribution in [0.4, 0.5) is 0 Å². The third-order valence-electron chi connectivity index (χ3n) is 4.06. The summed E-state index contributed by atoms with van der Waals surface area (Å²) in [6.45, 7) is 1.63. The second-order valence-corrected chi connectivity index (χ2v) is 7.73. The molecule has 0 radical (unpaired) electrons. The van der Waals surface area contributed by atoms with Gasteiger partial charge in [-0.2, -0.15) is 4.31 Å². The summed E-state index contributed by atoms with van der Waals surface area (Å²) in [5.74, 6) is 0.0814. The number of hydrogen-bond acceptors (Lipinski definition) is 4. The third-order valence-corrected chi connectivity index (χ3v) is 5.91. The Kier molecular flexibility index (Phi) is 5.01. The number of benzene rings is 1. The maximum atomic E-state index is 12.6. The van der Waals surface area contributed by atoms with Gasteiger partial charge in [-0.05, 0) is 24.1 Å². The van der Waals surface area contributed by atoms with Crippen LogP contribution in [0.5, 0.6) is 0 Å². The normalized spacial score (nSPS) is 16.8. The number of sulfonamides is 1. The minimum absolute atomic E-state index is 0.0139. The van der Waals surface area contributed by atoms with Crippen LogP contribution in [0.15, 0.2) is 53.1 Å². The Balaban J connectivity index is 1.65. The average Bonchev–Trinajstić information content (AvgIpc) is 2.98. The van der Waals surface area contributed by atoms with Crippen molar-refractivity contribution in [3.05, 3.63) is 60.1 Å². The molecule has 2 heterocycles. The zero-order chi connectivity index (χ0) is 17.0. The summed E-state index contributed by atoms with van der Waals surface area (Å²) in [5.41, 5.74) is 0.769. The Morgan fingerprint density at radius 1 is 1.00 bits per heavy atom. The minimum atomic E-state index is -3.39. The number of rotatable bonds is 4. The van der Waals surface area contributed by atoms with E-state index in [9.17, 15) is 13.2 Å². The van der Waals surface area contributed by atoms with E-state index in [1.165, 1.54) is 10.6 Å². The first-order valence-corrected chi connectivity index (χ1v) is 9.52. The third kappa shape index (κ3) is 3.85. The van der Waals surface area contributed by atoms with Crippen LogP contribution in [0.1, 0.15) is 22.5 Å². The van der Waals surface area contributed by atoms with E-state index in [1.54, 1.807) is 17.0 Å². The number of carbonyl (C=O) groups excluding carboxylic acids is 1. The molecular formula is C17H20N2O4S. The zero-order valence-electron chi connectivity index (χ0n) is 13.3. The van der Waals surface area contributed by atoms with E-state index in [2.05, 4.69) is 0 Å². The molecule has 0 spiro atoms. The molecule has 0 unspecified atom stereocenters. The van der Waals surface area contributed by atoms with Gasteiger partial charge in [-0.1, -0.05) is 30.3 Å². The van der Waals surface area contributed by atoms with E-state index >= 15 is 0 Å². The van der Waals surface area contributed by atoms with E-state index < -0.39 is 10.0 Å². The first-order chi connectivity index (χ1) is 11.6. The SMILES string of the molecule is O=C(c1ccco1)N1CCCN(S(=O)(=O)Cc2ccccc2)CC1. The van der Waals surface area contributed by atoms with Crippen LogP contribution in [0.2, 0.25) is 0 Å². The lowest BCUT2D eigenvalue weighted by molar-refractivity contribution is 0.0732. The van der Waals surface area contributed by atoms with Crippen molar-refractivity contribution in [2.24, 2.45) is 0 Å². The van der Waals surface area contributed by atoms with Gasteiger partial charge < -0.3 is 9.32 Å². The molecule has 1 aliphatic rings. The Morgan fingerprint density at radius 2 is 1.79 bits per heavy atom. The molecule has 0 N–H and O–H groups in total. The van der Waals surface area contributed by atoms with Crippen LogP contribution in [-0.4, -0.2) is 49.7 Å². The van der Waals surface area contributed by atoms with Gasteiger partial charge in [-0.3, -0.25) is 4.79 Å². The first-order valence-electron chi connectivity index (χ1n) is 7.91. The number of amides is 1. The molecule has 1 saturated heterocycles.